The van der Waals surface area contributed by atoms with Gasteiger partial charge in [0.25, 0.3) is 0 Å². The van der Waals surface area contributed by atoms with Crippen molar-refractivity contribution in [1.29, 1.82) is 0 Å². The van der Waals surface area contributed by atoms with Crippen LogP contribution in [0.5, 0.6) is 0 Å². The fourth-order valence-electron chi connectivity index (χ4n) is 2.30. The van der Waals surface area contributed by atoms with E-state index in [-0.39, 0.29) is 5.54 Å². The molecule has 1 aliphatic rings. The van der Waals surface area contributed by atoms with E-state index in [1.165, 1.54) is 21.6 Å². The summed E-state index contributed by atoms with van der Waals surface area (Å²) in [5.41, 5.74) is 11.1. The van der Waals surface area contributed by atoms with Crippen LogP contribution in [0.15, 0.2) is 18.2 Å². The van der Waals surface area contributed by atoms with Crippen LogP contribution in [0.3, 0.4) is 0 Å². The molecule has 0 bridgehead atoms. The molecule has 2 N–H and O–H groups in total. The lowest BCUT2D eigenvalue weighted by Crippen LogP contribution is -2.18. The Hall–Kier alpha value is -1.19. The largest absolute Gasteiger partial charge is 0.321 e. The van der Waals surface area contributed by atoms with Crippen molar-refractivity contribution >= 4 is 11.3 Å². The number of benzene rings is 1. The summed E-state index contributed by atoms with van der Waals surface area (Å²) in [6.07, 6.45) is 2.20. The molecule has 0 amide bonds. The van der Waals surface area contributed by atoms with E-state index < -0.39 is 0 Å². The number of rotatable bonds is 2. The molecule has 0 atom stereocenters. The van der Waals surface area contributed by atoms with Gasteiger partial charge in [-0.15, -0.1) is 11.3 Å². The molecule has 1 heterocycles. The molecule has 0 aliphatic heterocycles. The summed E-state index contributed by atoms with van der Waals surface area (Å²) in [6, 6.07) is 6.52. The molecule has 1 fully saturated rings. The highest BCUT2D eigenvalue weighted by Crippen LogP contribution is 2.48. The van der Waals surface area contributed by atoms with Gasteiger partial charge in [0.2, 0.25) is 0 Å². The SMILES string of the molecule is Cc1ccc(C)c(-c2nc(C)c(C3(N)CC3)s2)c1. The molecule has 3 rings (SSSR count). The minimum atomic E-state index is -0.0717. The fraction of sp³-hybridized carbons (Fsp3) is 0.400. The van der Waals surface area contributed by atoms with E-state index in [9.17, 15) is 0 Å². The summed E-state index contributed by atoms with van der Waals surface area (Å²) < 4.78 is 0. The molecular weight excluding hydrogens is 240 g/mol. The highest BCUT2D eigenvalue weighted by Gasteiger charge is 2.43. The minimum absolute atomic E-state index is 0.0717. The van der Waals surface area contributed by atoms with E-state index in [1.54, 1.807) is 11.3 Å². The van der Waals surface area contributed by atoms with Gasteiger partial charge in [0.05, 0.1) is 11.2 Å². The quantitative estimate of drug-likeness (QED) is 0.892. The van der Waals surface area contributed by atoms with Crippen molar-refractivity contribution < 1.29 is 0 Å². The van der Waals surface area contributed by atoms with Crippen LogP contribution >= 0.6 is 11.3 Å². The molecule has 1 aromatic heterocycles. The van der Waals surface area contributed by atoms with E-state index in [0.29, 0.717) is 0 Å². The zero-order valence-corrected chi connectivity index (χ0v) is 11.9. The Balaban J connectivity index is 2.10. The fourth-order valence-corrected chi connectivity index (χ4v) is 3.61. The second-order valence-electron chi connectivity index (χ2n) is 5.41. The first kappa shape index (κ1) is 11.9. The van der Waals surface area contributed by atoms with Crippen molar-refractivity contribution in [2.45, 2.75) is 39.2 Å². The third-order valence-corrected chi connectivity index (χ3v) is 5.07. The maximum atomic E-state index is 6.30. The summed E-state index contributed by atoms with van der Waals surface area (Å²) in [5, 5.41) is 1.11. The zero-order valence-electron chi connectivity index (χ0n) is 11.1. The molecule has 3 heteroatoms. The minimum Gasteiger partial charge on any atom is -0.321 e. The standard InChI is InChI=1S/C15H18N2S/c1-9-4-5-10(2)12(8-9)14-17-11(3)13(18-14)15(16)6-7-15/h4-5,8H,6-7,16H2,1-3H3. The average molecular weight is 258 g/mol. The Bertz CT molecular complexity index is 609. The first-order valence-electron chi connectivity index (χ1n) is 6.34. The van der Waals surface area contributed by atoms with Crippen molar-refractivity contribution in [3.8, 4) is 10.6 Å². The highest BCUT2D eigenvalue weighted by molar-refractivity contribution is 7.15. The lowest BCUT2D eigenvalue weighted by atomic mass is 10.1. The van der Waals surface area contributed by atoms with E-state index in [4.69, 9.17) is 10.7 Å². The molecule has 0 saturated heterocycles. The monoisotopic (exact) mass is 258 g/mol. The Morgan fingerprint density at radius 3 is 2.61 bits per heavy atom. The maximum Gasteiger partial charge on any atom is 0.124 e. The smallest absolute Gasteiger partial charge is 0.124 e. The number of aromatic nitrogens is 1. The molecule has 1 saturated carbocycles. The Kier molecular flexibility index (Phi) is 2.57. The lowest BCUT2D eigenvalue weighted by molar-refractivity contribution is 0.748. The van der Waals surface area contributed by atoms with E-state index in [0.717, 1.165) is 23.5 Å². The Labute approximate surface area is 112 Å². The number of thiazole rings is 1. The lowest BCUT2D eigenvalue weighted by Gasteiger charge is -2.05. The van der Waals surface area contributed by atoms with Crippen LogP contribution in [-0.2, 0) is 5.54 Å². The van der Waals surface area contributed by atoms with Gasteiger partial charge in [-0.25, -0.2) is 4.98 Å². The van der Waals surface area contributed by atoms with Crippen LogP contribution in [-0.4, -0.2) is 4.98 Å². The Morgan fingerprint density at radius 1 is 1.22 bits per heavy atom. The predicted molar refractivity (Wildman–Crippen MR) is 76.9 cm³/mol. The predicted octanol–water partition coefficient (Wildman–Crippen LogP) is 3.68. The summed E-state index contributed by atoms with van der Waals surface area (Å²) in [4.78, 5) is 6.00. The summed E-state index contributed by atoms with van der Waals surface area (Å²) in [5.74, 6) is 0. The molecule has 18 heavy (non-hydrogen) atoms. The molecule has 1 aromatic carbocycles. The zero-order chi connectivity index (χ0) is 12.9. The van der Waals surface area contributed by atoms with Crippen molar-refractivity contribution in [2.24, 2.45) is 5.73 Å². The van der Waals surface area contributed by atoms with E-state index >= 15 is 0 Å². The molecule has 2 nitrogen and oxygen atoms in total. The number of aryl methyl sites for hydroxylation is 3. The number of nitrogens with two attached hydrogens (primary N) is 1. The van der Waals surface area contributed by atoms with Crippen LogP contribution < -0.4 is 5.73 Å². The van der Waals surface area contributed by atoms with Crippen molar-refractivity contribution in [3.63, 3.8) is 0 Å². The normalized spacial score (nSPS) is 16.9. The summed E-state index contributed by atoms with van der Waals surface area (Å²) in [6.45, 7) is 6.34. The highest BCUT2D eigenvalue weighted by atomic mass is 32.1. The molecule has 2 aromatic rings. The van der Waals surface area contributed by atoms with Crippen molar-refractivity contribution in [2.75, 3.05) is 0 Å². The van der Waals surface area contributed by atoms with Gasteiger partial charge in [0, 0.05) is 10.4 Å². The van der Waals surface area contributed by atoms with Gasteiger partial charge in [-0.1, -0.05) is 17.7 Å². The van der Waals surface area contributed by atoms with Gasteiger partial charge in [-0.05, 0) is 45.2 Å². The first-order valence-corrected chi connectivity index (χ1v) is 7.16. The average Bonchev–Trinajstić information content (AvgIpc) is 2.94. The van der Waals surface area contributed by atoms with Crippen LogP contribution in [0.1, 0.15) is 34.5 Å². The molecule has 94 valence electrons. The van der Waals surface area contributed by atoms with E-state index in [2.05, 4.69) is 39.0 Å². The second-order valence-corrected chi connectivity index (χ2v) is 6.41. The van der Waals surface area contributed by atoms with E-state index in [1.807, 2.05) is 0 Å². The van der Waals surface area contributed by atoms with Gasteiger partial charge in [0.15, 0.2) is 0 Å². The maximum absolute atomic E-state index is 6.30. The topological polar surface area (TPSA) is 38.9 Å². The molecular formula is C15H18N2S. The number of hydrogen-bond donors (Lipinski definition) is 1. The molecule has 0 unspecified atom stereocenters. The van der Waals surface area contributed by atoms with Crippen LogP contribution in [0, 0.1) is 20.8 Å². The van der Waals surface area contributed by atoms with Gasteiger partial charge >= 0.3 is 0 Å². The van der Waals surface area contributed by atoms with Crippen LogP contribution in [0.2, 0.25) is 0 Å². The summed E-state index contributed by atoms with van der Waals surface area (Å²) >= 11 is 1.77. The van der Waals surface area contributed by atoms with Crippen LogP contribution in [0.4, 0.5) is 0 Å². The summed E-state index contributed by atoms with van der Waals surface area (Å²) in [7, 11) is 0. The number of nitrogens with zero attached hydrogens (tertiary/aromatic N) is 1. The van der Waals surface area contributed by atoms with Crippen molar-refractivity contribution in [1.82, 2.24) is 4.98 Å². The van der Waals surface area contributed by atoms with Gasteiger partial charge < -0.3 is 5.73 Å². The third kappa shape index (κ3) is 1.88. The second kappa shape index (κ2) is 3.90. The van der Waals surface area contributed by atoms with Gasteiger partial charge in [-0.3, -0.25) is 0 Å². The van der Waals surface area contributed by atoms with Gasteiger partial charge in [0.1, 0.15) is 5.01 Å². The molecule has 0 radical (unpaired) electrons. The van der Waals surface area contributed by atoms with Gasteiger partial charge in [-0.2, -0.15) is 0 Å². The molecule has 0 spiro atoms. The molecule has 1 aliphatic carbocycles. The Morgan fingerprint density at radius 2 is 1.94 bits per heavy atom. The first-order chi connectivity index (χ1) is 8.49. The third-order valence-electron chi connectivity index (χ3n) is 3.66. The van der Waals surface area contributed by atoms with Crippen LogP contribution in [0.25, 0.3) is 10.6 Å². The van der Waals surface area contributed by atoms with Crippen molar-refractivity contribution in [3.05, 3.63) is 39.9 Å². The number of hydrogen-bond acceptors (Lipinski definition) is 3.